The van der Waals surface area contributed by atoms with Crippen molar-refractivity contribution in [2.75, 3.05) is 0 Å². The Morgan fingerprint density at radius 3 is 1.14 bits per heavy atom. The fourth-order valence-corrected chi connectivity index (χ4v) is 5.06. The monoisotopic (exact) mass is 402 g/mol. The summed E-state index contributed by atoms with van der Waals surface area (Å²) in [6.07, 6.45) is 0. The zero-order valence-electron chi connectivity index (χ0n) is 15.4. The molecule has 0 aliphatic rings. The van der Waals surface area contributed by atoms with Crippen molar-refractivity contribution in [3.05, 3.63) is 97.1 Å². The summed E-state index contributed by atoms with van der Waals surface area (Å²) in [6, 6.07) is 26.4. The number of para-hydroxylation sites is 2. The van der Waals surface area contributed by atoms with Gasteiger partial charge in [0.05, 0.1) is 9.79 Å². The molecule has 4 aromatic carbocycles. The second-order valence-electron chi connectivity index (χ2n) is 6.53. The molecule has 0 spiro atoms. The van der Waals surface area contributed by atoms with Gasteiger partial charge in [-0.25, -0.2) is 8.42 Å². The zero-order chi connectivity index (χ0) is 20.4. The van der Waals surface area contributed by atoms with E-state index in [2.05, 4.69) is 0 Å². The first-order chi connectivity index (χ1) is 14.0. The van der Waals surface area contributed by atoms with Gasteiger partial charge in [-0.05, 0) is 24.3 Å². The second-order valence-corrected chi connectivity index (χ2v) is 8.42. The van der Waals surface area contributed by atoms with Gasteiger partial charge in [0.1, 0.15) is 11.5 Å². The highest BCUT2D eigenvalue weighted by molar-refractivity contribution is 7.91. The highest BCUT2D eigenvalue weighted by Gasteiger charge is 2.26. The summed E-state index contributed by atoms with van der Waals surface area (Å²) >= 11 is 0. The number of hydrogen-bond donors (Lipinski definition) is 2. The predicted molar refractivity (Wildman–Crippen MR) is 113 cm³/mol. The van der Waals surface area contributed by atoms with Crippen molar-refractivity contribution in [2.45, 2.75) is 9.79 Å². The molecule has 0 aliphatic carbocycles. The third kappa shape index (κ3) is 3.37. The first-order valence-electron chi connectivity index (χ1n) is 9.00. The Morgan fingerprint density at radius 1 is 0.448 bits per heavy atom. The molecule has 4 nitrogen and oxygen atoms in total. The van der Waals surface area contributed by atoms with Crippen LogP contribution in [0.1, 0.15) is 0 Å². The van der Waals surface area contributed by atoms with E-state index in [1.165, 1.54) is 24.3 Å². The Labute approximate surface area is 169 Å². The third-order valence-electron chi connectivity index (χ3n) is 4.74. The molecule has 0 saturated heterocycles. The number of phenols is 2. The molecular formula is C24H18O4S. The van der Waals surface area contributed by atoms with E-state index in [-0.39, 0.29) is 21.3 Å². The molecule has 2 N–H and O–H groups in total. The van der Waals surface area contributed by atoms with Gasteiger partial charge in [0, 0.05) is 22.3 Å². The normalized spacial score (nSPS) is 11.3. The minimum Gasteiger partial charge on any atom is -0.507 e. The van der Waals surface area contributed by atoms with E-state index in [9.17, 15) is 18.6 Å². The van der Waals surface area contributed by atoms with Gasteiger partial charge in [0.15, 0.2) is 0 Å². The van der Waals surface area contributed by atoms with Crippen LogP contribution in [0.3, 0.4) is 0 Å². The van der Waals surface area contributed by atoms with Crippen molar-refractivity contribution >= 4 is 9.84 Å². The lowest BCUT2D eigenvalue weighted by Crippen LogP contribution is -2.06. The summed E-state index contributed by atoms with van der Waals surface area (Å²) in [4.78, 5) is 0.175. The van der Waals surface area contributed by atoms with Gasteiger partial charge >= 0.3 is 0 Å². The molecule has 0 bridgehead atoms. The lowest BCUT2D eigenvalue weighted by Gasteiger charge is -2.15. The summed E-state index contributed by atoms with van der Waals surface area (Å²) in [5.41, 5.74) is 1.70. The van der Waals surface area contributed by atoms with Gasteiger partial charge in [0.25, 0.3) is 0 Å². The van der Waals surface area contributed by atoms with Gasteiger partial charge in [-0.15, -0.1) is 0 Å². The third-order valence-corrected chi connectivity index (χ3v) is 6.61. The maximum absolute atomic E-state index is 13.7. The first kappa shape index (κ1) is 18.8. The summed E-state index contributed by atoms with van der Waals surface area (Å²) in [5.74, 6) is 0.00766. The average Bonchev–Trinajstić information content (AvgIpc) is 2.74. The first-order valence-corrected chi connectivity index (χ1v) is 10.5. The number of aromatic hydroxyl groups is 2. The van der Waals surface area contributed by atoms with Crippen LogP contribution in [0.5, 0.6) is 11.5 Å². The van der Waals surface area contributed by atoms with E-state index in [4.69, 9.17) is 0 Å². The van der Waals surface area contributed by atoms with Gasteiger partial charge in [-0.1, -0.05) is 72.8 Å². The summed E-state index contributed by atoms with van der Waals surface area (Å²) in [6.45, 7) is 0. The Balaban J connectivity index is 1.96. The number of benzene rings is 4. The molecule has 4 rings (SSSR count). The zero-order valence-corrected chi connectivity index (χ0v) is 16.2. The van der Waals surface area contributed by atoms with Crippen molar-refractivity contribution in [3.63, 3.8) is 0 Å². The molecule has 0 aromatic heterocycles. The molecule has 5 heteroatoms. The van der Waals surface area contributed by atoms with Crippen molar-refractivity contribution in [2.24, 2.45) is 0 Å². The van der Waals surface area contributed by atoms with Crippen molar-refractivity contribution in [1.82, 2.24) is 0 Å². The van der Waals surface area contributed by atoms with Gasteiger partial charge in [-0.2, -0.15) is 0 Å². The van der Waals surface area contributed by atoms with Crippen LogP contribution in [-0.2, 0) is 9.84 Å². The molecule has 0 heterocycles. The number of sulfone groups is 1. The lowest BCUT2D eigenvalue weighted by atomic mass is 10.0. The van der Waals surface area contributed by atoms with Gasteiger partial charge in [-0.3, -0.25) is 0 Å². The summed E-state index contributed by atoms with van der Waals surface area (Å²) in [7, 11) is -3.95. The fraction of sp³-hybridized carbons (Fsp3) is 0. The Bertz CT molecular complexity index is 1200. The van der Waals surface area contributed by atoms with Crippen LogP contribution in [-0.4, -0.2) is 18.6 Å². The largest absolute Gasteiger partial charge is 0.507 e. The van der Waals surface area contributed by atoms with Crippen LogP contribution in [0.25, 0.3) is 22.3 Å². The summed E-state index contributed by atoms with van der Waals surface area (Å²) in [5, 5.41) is 20.5. The van der Waals surface area contributed by atoms with Crippen LogP contribution in [0.2, 0.25) is 0 Å². The van der Waals surface area contributed by atoms with E-state index >= 15 is 0 Å². The van der Waals surface area contributed by atoms with E-state index in [1.54, 1.807) is 72.8 Å². The van der Waals surface area contributed by atoms with Crippen molar-refractivity contribution < 1.29 is 18.6 Å². The van der Waals surface area contributed by atoms with Crippen LogP contribution in [0, 0.1) is 0 Å². The van der Waals surface area contributed by atoms with E-state index in [0.29, 0.717) is 22.3 Å². The Hall–Kier alpha value is -3.57. The Kier molecular flexibility index (Phi) is 4.82. The fourth-order valence-electron chi connectivity index (χ4n) is 3.37. The molecule has 0 atom stereocenters. The van der Waals surface area contributed by atoms with Crippen LogP contribution < -0.4 is 0 Å². The molecule has 0 unspecified atom stereocenters. The van der Waals surface area contributed by atoms with Crippen molar-refractivity contribution in [3.8, 4) is 33.8 Å². The molecule has 0 fully saturated rings. The minimum atomic E-state index is -3.95. The van der Waals surface area contributed by atoms with E-state index in [1.807, 2.05) is 0 Å². The van der Waals surface area contributed by atoms with Crippen molar-refractivity contribution in [1.29, 1.82) is 0 Å². The van der Waals surface area contributed by atoms with Gasteiger partial charge < -0.3 is 10.2 Å². The molecule has 0 radical (unpaired) electrons. The maximum atomic E-state index is 13.7. The van der Waals surface area contributed by atoms with Crippen LogP contribution in [0.15, 0.2) is 107 Å². The summed E-state index contributed by atoms with van der Waals surface area (Å²) < 4.78 is 27.4. The predicted octanol–water partition coefficient (Wildman–Crippen LogP) is 5.26. The van der Waals surface area contributed by atoms with Gasteiger partial charge in [0.2, 0.25) is 9.84 Å². The standard InChI is InChI=1S/C24H18O4S/c25-21-13-5-1-9-17(21)19-11-3-7-15-23(19)29(27,28)24-16-8-4-12-20(24)18-10-2-6-14-22(18)26/h1-16,25-26H. The molecule has 29 heavy (non-hydrogen) atoms. The smallest absolute Gasteiger partial charge is 0.207 e. The molecule has 144 valence electrons. The minimum absolute atomic E-state index is 0.00383. The van der Waals surface area contributed by atoms with E-state index < -0.39 is 9.84 Å². The maximum Gasteiger partial charge on any atom is 0.207 e. The number of hydrogen-bond acceptors (Lipinski definition) is 4. The quantitative estimate of drug-likeness (QED) is 0.488. The molecule has 0 saturated carbocycles. The molecule has 4 aromatic rings. The lowest BCUT2D eigenvalue weighted by molar-refractivity contribution is 0.476. The Morgan fingerprint density at radius 2 is 0.759 bits per heavy atom. The van der Waals surface area contributed by atoms with E-state index in [0.717, 1.165) is 0 Å². The molecular weight excluding hydrogens is 384 g/mol. The number of phenolic OH excluding ortho intramolecular Hbond substituents is 2. The second kappa shape index (κ2) is 7.45. The highest BCUT2D eigenvalue weighted by Crippen LogP contribution is 2.40. The topological polar surface area (TPSA) is 74.6 Å². The SMILES string of the molecule is O=S(=O)(c1ccccc1-c1ccccc1O)c1ccccc1-c1ccccc1O. The van der Waals surface area contributed by atoms with Crippen LogP contribution in [0.4, 0.5) is 0 Å². The molecule has 0 aliphatic heterocycles. The van der Waals surface area contributed by atoms with Crippen LogP contribution >= 0.6 is 0 Å². The molecule has 0 amide bonds. The average molecular weight is 402 g/mol. The number of rotatable bonds is 4. The highest BCUT2D eigenvalue weighted by atomic mass is 32.2.